The molecule has 0 radical (unpaired) electrons. The number of hydrogen-bond acceptors (Lipinski definition) is 3. The fraction of sp³-hybridized carbons (Fsp3) is 0.208. The minimum atomic E-state index is -2.47. The molecule has 0 bridgehead atoms. The summed E-state index contributed by atoms with van der Waals surface area (Å²) in [6, 6.07) is 25.4. The molecule has 136 valence electrons. The summed E-state index contributed by atoms with van der Waals surface area (Å²) in [4.78, 5) is 4.88. The molecular formula is C24H23NO2. The lowest BCUT2D eigenvalue weighted by Crippen LogP contribution is -2.24. The van der Waals surface area contributed by atoms with Crippen LogP contribution in [-0.2, 0) is 24.2 Å². The van der Waals surface area contributed by atoms with Crippen molar-refractivity contribution in [1.82, 2.24) is 0 Å². The maximum atomic E-state index is 7.30. The average molecular weight is 360 g/mol. The number of aliphatic imine (C=N–C) groups is 1. The lowest BCUT2D eigenvalue weighted by atomic mass is 9.93. The van der Waals surface area contributed by atoms with Crippen LogP contribution in [0.15, 0.2) is 83.9 Å². The zero-order valence-corrected chi connectivity index (χ0v) is 15.0. The van der Waals surface area contributed by atoms with Crippen LogP contribution in [-0.4, -0.2) is 19.0 Å². The molecule has 3 aromatic carbocycles. The Morgan fingerprint density at radius 1 is 0.963 bits per heavy atom. The molecule has 1 unspecified atom stereocenters. The van der Waals surface area contributed by atoms with Gasteiger partial charge in [-0.15, -0.1) is 0 Å². The van der Waals surface area contributed by atoms with Gasteiger partial charge in [0.1, 0.15) is 5.75 Å². The van der Waals surface area contributed by atoms with E-state index in [9.17, 15) is 0 Å². The van der Waals surface area contributed by atoms with Crippen molar-refractivity contribution in [3.05, 3.63) is 101 Å². The fourth-order valence-electron chi connectivity index (χ4n) is 3.37. The van der Waals surface area contributed by atoms with Crippen molar-refractivity contribution in [3.63, 3.8) is 0 Å². The van der Waals surface area contributed by atoms with Crippen molar-refractivity contribution in [3.8, 4) is 5.75 Å². The number of benzene rings is 3. The molecule has 0 fully saturated rings. The maximum absolute atomic E-state index is 7.30. The molecule has 0 saturated heterocycles. The molecule has 3 aromatic rings. The van der Waals surface area contributed by atoms with E-state index in [4.69, 9.17) is 18.6 Å². The first-order chi connectivity index (χ1) is 14.5. The Morgan fingerprint density at radius 2 is 1.78 bits per heavy atom. The van der Waals surface area contributed by atoms with Crippen LogP contribution in [0.3, 0.4) is 0 Å². The third kappa shape index (κ3) is 4.26. The summed E-state index contributed by atoms with van der Waals surface area (Å²) >= 11 is 0. The van der Waals surface area contributed by atoms with Crippen molar-refractivity contribution < 1.29 is 13.6 Å². The molecule has 0 aromatic heterocycles. The summed E-state index contributed by atoms with van der Waals surface area (Å²) in [6.45, 7) is 0.506. The van der Waals surface area contributed by atoms with E-state index < -0.39 is 7.04 Å². The summed E-state index contributed by atoms with van der Waals surface area (Å²) in [5, 5.41) is 0. The Balaban J connectivity index is 1.55. The van der Waals surface area contributed by atoms with Crippen LogP contribution in [0.2, 0.25) is 0 Å². The zero-order valence-electron chi connectivity index (χ0n) is 18.0. The Hall–Kier alpha value is -2.91. The summed E-state index contributed by atoms with van der Waals surface area (Å²) in [7, 11) is -2.47. The van der Waals surface area contributed by atoms with Crippen molar-refractivity contribution in [2.45, 2.75) is 25.7 Å². The van der Waals surface area contributed by atoms with Crippen molar-refractivity contribution in [2.75, 3.05) is 7.04 Å². The minimum absolute atomic E-state index is 0.253. The first-order valence-electron chi connectivity index (χ1n) is 10.5. The number of hydrogen-bond donors (Lipinski definition) is 0. The molecule has 3 heteroatoms. The van der Waals surface area contributed by atoms with E-state index in [0.29, 0.717) is 18.8 Å². The number of fused-ring (bicyclic) bond motifs is 1. The van der Waals surface area contributed by atoms with E-state index in [1.165, 1.54) is 5.56 Å². The highest BCUT2D eigenvalue weighted by Gasteiger charge is 2.21. The standard InChI is InChI=1S/C24H23NO2/c1-26-21-12-7-10-19(14-21)15-23-22-13-6-5-11-20(22)16-24(25-23)27-17-18-8-3-2-4-9-18/h2-14,24H,15-17H2,1H3/i1D3. The number of rotatable bonds is 6. The molecule has 1 aliphatic heterocycles. The third-order valence-electron chi connectivity index (χ3n) is 4.70. The van der Waals surface area contributed by atoms with Gasteiger partial charge in [0.25, 0.3) is 0 Å². The van der Waals surface area contributed by atoms with Gasteiger partial charge in [-0.1, -0.05) is 66.7 Å². The van der Waals surface area contributed by atoms with Gasteiger partial charge >= 0.3 is 0 Å². The molecule has 0 amide bonds. The Kier molecular flexibility index (Phi) is 4.30. The molecule has 0 saturated carbocycles. The number of ether oxygens (including phenoxy) is 2. The molecule has 4 rings (SSSR count). The molecule has 1 aliphatic rings. The van der Waals surface area contributed by atoms with Crippen LogP contribution in [0.5, 0.6) is 5.75 Å². The molecule has 1 atom stereocenters. The molecule has 0 spiro atoms. The van der Waals surface area contributed by atoms with E-state index in [0.717, 1.165) is 28.8 Å². The molecule has 0 N–H and O–H groups in total. The smallest absolute Gasteiger partial charge is 0.153 e. The van der Waals surface area contributed by atoms with Gasteiger partial charge in [-0.2, -0.15) is 0 Å². The number of nitrogens with zero attached hydrogens (tertiary/aromatic N) is 1. The summed E-state index contributed by atoms with van der Waals surface area (Å²) in [5.74, 6) is 0.328. The monoisotopic (exact) mass is 360 g/mol. The summed E-state index contributed by atoms with van der Waals surface area (Å²) in [5.41, 5.74) is 5.30. The van der Waals surface area contributed by atoms with E-state index in [-0.39, 0.29) is 6.23 Å². The normalized spacial score (nSPS) is 17.9. The average Bonchev–Trinajstić information content (AvgIpc) is 2.72. The van der Waals surface area contributed by atoms with Gasteiger partial charge in [0.05, 0.1) is 17.8 Å². The summed E-state index contributed by atoms with van der Waals surface area (Å²) < 4.78 is 33.1. The quantitative estimate of drug-likeness (QED) is 0.631. The van der Waals surface area contributed by atoms with Crippen LogP contribution < -0.4 is 4.74 Å². The van der Waals surface area contributed by atoms with Gasteiger partial charge in [0, 0.05) is 18.6 Å². The number of methoxy groups -OCH3 is 1. The van der Waals surface area contributed by atoms with Crippen LogP contribution >= 0.6 is 0 Å². The SMILES string of the molecule is [2H]C([2H])([2H])Oc1cccc(CC2=NC(OCc3ccccc3)Cc3ccccc32)c1. The second kappa shape index (κ2) is 8.19. The fourth-order valence-corrected chi connectivity index (χ4v) is 3.37. The topological polar surface area (TPSA) is 30.8 Å². The van der Waals surface area contributed by atoms with Gasteiger partial charge in [0.2, 0.25) is 0 Å². The lowest BCUT2D eigenvalue weighted by Gasteiger charge is -2.24. The molecule has 1 heterocycles. The van der Waals surface area contributed by atoms with Gasteiger partial charge in [-0.05, 0) is 34.4 Å². The summed E-state index contributed by atoms with van der Waals surface area (Å²) in [6.07, 6.45) is 1.05. The van der Waals surface area contributed by atoms with Crippen molar-refractivity contribution in [1.29, 1.82) is 0 Å². The molecular weight excluding hydrogens is 334 g/mol. The second-order valence-electron chi connectivity index (χ2n) is 6.61. The van der Waals surface area contributed by atoms with Gasteiger partial charge < -0.3 is 9.47 Å². The zero-order chi connectivity index (χ0) is 21.0. The van der Waals surface area contributed by atoms with Crippen LogP contribution in [0.4, 0.5) is 0 Å². The minimum Gasteiger partial charge on any atom is -0.497 e. The lowest BCUT2D eigenvalue weighted by molar-refractivity contribution is 0.0459. The van der Waals surface area contributed by atoms with Crippen LogP contribution in [0, 0.1) is 0 Å². The van der Waals surface area contributed by atoms with Crippen LogP contribution in [0.25, 0.3) is 0 Å². The molecule has 0 aliphatic carbocycles. The third-order valence-corrected chi connectivity index (χ3v) is 4.70. The Morgan fingerprint density at radius 3 is 2.67 bits per heavy atom. The Labute approximate surface area is 164 Å². The van der Waals surface area contributed by atoms with E-state index in [1.54, 1.807) is 18.2 Å². The predicted molar refractivity (Wildman–Crippen MR) is 108 cm³/mol. The highest BCUT2D eigenvalue weighted by Crippen LogP contribution is 2.24. The second-order valence-corrected chi connectivity index (χ2v) is 6.61. The highest BCUT2D eigenvalue weighted by atomic mass is 16.5. The van der Waals surface area contributed by atoms with Crippen molar-refractivity contribution >= 4 is 5.71 Å². The molecule has 27 heavy (non-hydrogen) atoms. The highest BCUT2D eigenvalue weighted by molar-refractivity contribution is 6.03. The van der Waals surface area contributed by atoms with E-state index in [1.807, 2.05) is 48.5 Å². The van der Waals surface area contributed by atoms with E-state index in [2.05, 4.69) is 12.1 Å². The predicted octanol–water partition coefficient (Wildman–Crippen LogP) is 4.83. The van der Waals surface area contributed by atoms with Crippen molar-refractivity contribution in [2.24, 2.45) is 4.99 Å². The van der Waals surface area contributed by atoms with Crippen LogP contribution in [0.1, 0.15) is 26.4 Å². The first-order valence-corrected chi connectivity index (χ1v) is 9.05. The van der Waals surface area contributed by atoms with Gasteiger partial charge in [-0.3, -0.25) is 4.99 Å². The molecule has 3 nitrogen and oxygen atoms in total. The largest absolute Gasteiger partial charge is 0.497 e. The van der Waals surface area contributed by atoms with Gasteiger partial charge in [0.15, 0.2) is 6.23 Å². The first kappa shape index (κ1) is 14.2. The van der Waals surface area contributed by atoms with E-state index >= 15 is 0 Å². The Bertz CT molecular complexity index is 1030. The maximum Gasteiger partial charge on any atom is 0.153 e. The van der Waals surface area contributed by atoms with Gasteiger partial charge in [-0.25, -0.2) is 0 Å².